The molecule has 1 atom stereocenters. The molecule has 0 heterocycles. The first-order valence-corrected chi connectivity index (χ1v) is 6.95. The number of phenolic OH excluding ortho intramolecular Hbond substituents is 1. The van der Waals surface area contributed by atoms with Gasteiger partial charge in [-0.15, -0.1) is 6.58 Å². The summed E-state index contributed by atoms with van der Waals surface area (Å²) in [7, 11) is 1.53. The summed E-state index contributed by atoms with van der Waals surface area (Å²) in [5.74, 6) is 0.680. The molecule has 1 unspecified atom stereocenters. The van der Waals surface area contributed by atoms with Crippen molar-refractivity contribution in [3.05, 3.63) is 36.4 Å². The number of hydrogen-bond donors (Lipinski definition) is 4. The second-order valence-electron chi connectivity index (χ2n) is 4.55. The average Bonchev–Trinajstić information content (AvgIpc) is 2.50. The van der Waals surface area contributed by atoms with Gasteiger partial charge >= 0.3 is 0 Å². The molecule has 0 spiro atoms. The highest BCUT2D eigenvalue weighted by molar-refractivity contribution is 5.42. The third kappa shape index (κ3) is 9.07. The highest BCUT2D eigenvalue weighted by Gasteiger charge is 2.00. The number of aromatic hydroxyl groups is 1. The van der Waals surface area contributed by atoms with Gasteiger partial charge in [-0.2, -0.15) is 0 Å². The van der Waals surface area contributed by atoms with Crippen LogP contribution in [0.1, 0.15) is 24.8 Å². The molecule has 21 heavy (non-hydrogen) atoms. The molecule has 1 aromatic rings. The maximum Gasteiger partial charge on any atom is 0.160 e. The quantitative estimate of drug-likeness (QED) is 0.433. The maximum absolute atomic E-state index is 9.25. The molecule has 0 saturated carbocycles. The Balaban J connectivity index is 0.000000400. The van der Waals surface area contributed by atoms with Gasteiger partial charge in [0.2, 0.25) is 0 Å². The summed E-state index contributed by atoms with van der Waals surface area (Å²) < 4.78 is 4.95. The van der Waals surface area contributed by atoms with Crippen molar-refractivity contribution in [2.45, 2.75) is 31.8 Å². The lowest BCUT2D eigenvalue weighted by Crippen LogP contribution is -2.11. The molecule has 0 bridgehead atoms. The molecule has 0 fully saturated rings. The minimum Gasteiger partial charge on any atom is -0.504 e. The van der Waals surface area contributed by atoms with Crippen LogP contribution < -0.4 is 4.74 Å². The number of rotatable bonds is 8. The summed E-state index contributed by atoms with van der Waals surface area (Å²) in [6.07, 6.45) is 4.06. The van der Waals surface area contributed by atoms with E-state index in [1.807, 2.05) is 12.1 Å². The van der Waals surface area contributed by atoms with E-state index in [-0.39, 0.29) is 19.0 Å². The number of aliphatic hydroxyl groups excluding tert-OH is 3. The van der Waals surface area contributed by atoms with E-state index in [1.54, 1.807) is 12.1 Å². The molecule has 0 saturated heterocycles. The Morgan fingerprint density at radius 3 is 2.52 bits per heavy atom. The van der Waals surface area contributed by atoms with Gasteiger partial charge in [0.1, 0.15) is 0 Å². The van der Waals surface area contributed by atoms with Crippen LogP contribution in [0, 0.1) is 0 Å². The fourth-order valence-electron chi connectivity index (χ4n) is 1.60. The van der Waals surface area contributed by atoms with E-state index in [0.717, 1.165) is 18.4 Å². The first-order valence-electron chi connectivity index (χ1n) is 6.95. The van der Waals surface area contributed by atoms with Crippen LogP contribution in [-0.2, 0) is 6.42 Å². The third-order valence-corrected chi connectivity index (χ3v) is 2.78. The van der Waals surface area contributed by atoms with Gasteiger partial charge in [-0.25, -0.2) is 0 Å². The van der Waals surface area contributed by atoms with Crippen LogP contribution in [0.15, 0.2) is 30.9 Å². The minimum atomic E-state index is -0.600. The summed E-state index contributed by atoms with van der Waals surface area (Å²) in [6.45, 7) is 3.62. The van der Waals surface area contributed by atoms with Gasteiger partial charge in [0.25, 0.3) is 0 Å². The second-order valence-corrected chi connectivity index (χ2v) is 4.55. The first kappa shape index (κ1) is 19.4. The van der Waals surface area contributed by atoms with Crippen molar-refractivity contribution in [3.8, 4) is 11.5 Å². The predicted octanol–water partition coefficient (Wildman–Crippen LogP) is 1.63. The van der Waals surface area contributed by atoms with E-state index < -0.39 is 6.10 Å². The monoisotopic (exact) mass is 298 g/mol. The Morgan fingerprint density at radius 1 is 1.29 bits per heavy atom. The van der Waals surface area contributed by atoms with Crippen molar-refractivity contribution in [2.75, 3.05) is 20.3 Å². The number of allylic oxidation sites excluding steroid dienone is 1. The highest BCUT2D eigenvalue weighted by atomic mass is 16.5. The molecule has 0 radical (unpaired) electrons. The van der Waals surface area contributed by atoms with E-state index in [1.165, 1.54) is 7.11 Å². The zero-order valence-electron chi connectivity index (χ0n) is 12.5. The number of ether oxygens (including phenoxy) is 1. The Morgan fingerprint density at radius 2 is 2.00 bits per heavy atom. The number of hydrogen-bond acceptors (Lipinski definition) is 5. The number of unbranched alkanes of at least 4 members (excludes halogenated alkanes) is 1. The van der Waals surface area contributed by atoms with Gasteiger partial charge in [0, 0.05) is 6.61 Å². The predicted molar refractivity (Wildman–Crippen MR) is 82.6 cm³/mol. The molecule has 0 aliphatic carbocycles. The van der Waals surface area contributed by atoms with Crippen LogP contribution in [0.25, 0.3) is 0 Å². The smallest absolute Gasteiger partial charge is 0.160 e. The topological polar surface area (TPSA) is 90.2 Å². The molecule has 0 aliphatic heterocycles. The largest absolute Gasteiger partial charge is 0.504 e. The SMILES string of the molecule is C=CCc1ccc(O)c(OC)c1.OCCCCC(O)CO. The van der Waals surface area contributed by atoms with Crippen LogP contribution in [0.4, 0.5) is 0 Å². The summed E-state index contributed by atoms with van der Waals surface area (Å²) in [5, 5.41) is 34.6. The lowest BCUT2D eigenvalue weighted by molar-refractivity contribution is 0.0848. The Kier molecular flexibility index (Phi) is 11.3. The maximum atomic E-state index is 9.25. The minimum absolute atomic E-state index is 0.165. The molecule has 0 aromatic heterocycles. The van der Waals surface area contributed by atoms with Crippen molar-refractivity contribution < 1.29 is 25.2 Å². The number of methoxy groups -OCH3 is 1. The lowest BCUT2D eigenvalue weighted by Gasteiger charge is -2.04. The van der Waals surface area contributed by atoms with E-state index in [0.29, 0.717) is 18.6 Å². The van der Waals surface area contributed by atoms with Crippen LogP contribution in [-0.4, -0.2) is 46.9 Å². The van der Waals surface area contributed by atoms with Gasteiger partial charge in [0.05, 0.1) is 19.8 Å². The van der Waals surface area contributed by atoms with Crippen LogP contribution in [0.2, 0.25) is 0 Å². The molecule has 1 aromatic carbocycles. The zero-order chi connectivity index (χ0) is 16.1. The summed E-state index contributed by atoms with van der Waals surface area (Å²) in [5.41, 5.74) is 1.08. The normalized spacial score (nSPS) is 11.2. The van der Waals surface area contributed by atoms with E-state index in [9.17, 15) is 5.11 Å². The van der Waals surface area contributed by atoms with Gasteiger partial charge in [-0.3, -0.25) is 0 Å². The van der Waals surface area contributed by atoms with Crippen molar-refractivity contribution in [1.82, 2.24) is 0 Å². The highest BCUT2D eigenvalue weighted by Crippen LogP contribution is 2.26. The molecule has 5 heteroatoms. The van der Waals surface area contributed by atoms with Gasteiger partial charge in [-0.05, 0) is 43.4 Å². The molecule has 120 valence electrons. The fraction of sp³-hybridized carbons (Fsp3) is 0.500. The second kappa shape index (κ2) is 12.2. The summed E-state index contributed by atoms with van der Waals surface area (Å²) in [4.78, 5) is 0. The molecular weight excluding hydrogens is 272 g/mol. The van der Waals surface area contributed by atoms with E-state index in [2.05, 4.69) is 6.58 Å². The number of benzene rings is 1. The van der Waals surface area contributed by atoms with Crippen molar-refractivity contribution in [2.24, 2.45) is 0 Å². The standard InChI is InChI=1S/C10H12O2.C6H14O3/c1-3-4-8-5-6-9(11)10(7-8)12-2;7-4-2-1-3-6(9)5-8/h3,5-7,11H,1,4H2,2H3;6-9H,1-5H2. The van der Waals surface area contributed by atoms with Gasteiger partial charge in [0.15, 0.2) is 11.5 Å². The average molecular weight is 298 g/mol. The van der Waals surface area contributed by atoms with Crippen molar-refractivity contribution in [1.29, 1.82) is 0 Å². The number of aliphatic hydroxyl groups is 3. The fourth-order valence-corrected chi connectivity index (χ4v) is 1.60. The Hall–Kier alpha value is -1.56. The first-order chi connectivity index (χ1) is 10.1. The molecule has 1 rings (SSSR count). The van der Waals surface area contributed by atoms with E-state index >= 15 is 0 Å². The van der Waals surface area contributed by atoms with Crippen LogP contribution in [0.3, 0.4) is 0 Å². The Bertz CT molecular complexity index is 392. The molecule has 4 N–H and O–H groups in total. The lowest BCUT2D eigenvalue weighted by atomic mass is 10.1. The molecular formula is C16H26O5. The summed E-state index contributed by atoms with van der Waals surface area (Å²) >= 11 is 0. The van der Waals surface area contributed by atoms with Gasteiger partial charge < -0.3 is 25.2 Å². The number of phenols is 1. The Labute approximate surface area is 126 Å². The van der Waals surface area contributed by atoms with Gasteiger partial charge in [-0.1, -0.05) is 12.1 Å². The molecule has 0 aliphatic rings. The molecule has 5 nitrogen and oxygen atoms in total. The zero-order valence-corrected chi connectivity index (χ0v) is 12.5. The van der Waals surface area contributed by atoms with Crippen molar-refractivity contribution in [3.63, 3.8) is 0 Å². The van der Waals surface area contributed by atoms with Crippen molar-refractivity contribution >= 4 is 0 Å². The summed E-state index contributed by atoms with van der Waals surface area (Å²) in [6, 6.07) is 5.27. The molecule has 0 amide bonds. The van der Waals surface area contributed by atoms with E-state index in [4.69, 9.17) is 20.1 Å². The van der Waals surface area contributed by atoms with Crippen LogP contribution in [0.5, 0.6) is 11.5 Å². The van der Waals surface area contributed by atoms with Crippen LogP contribution >= 0.6 is 0 Å². The third-order valence-electron chi connectivity index (χ3n) is 2.78.